The molecule has 0 unspecified atom stereocenters. The minimum atomic E-state index is 0.466. The monoisotopic (exact) mass is 361 g/mol. The third-order valence-corrected chi connectivity index (χ3v) is 3.94. The van der Waals surface area contributed by atoms with Crippen molar-refractivity contribution < 1.29 is 4.74 Å². The van der Waals surface area contributed by atoms with Crippen LogP contribution in [0, 0.1) is 0 Å². The van der Waals surface area contributed by atoms with E-state index in [1.165, 1.54) is 0 Å². The molecule has 0 amide bonds. The van der Waals surface area contributed by atoms with Gasteiger partial charge in [-0.2, -0.15) is 10.2 Å². The zero-order valence-corrected chi connectivity index (χ0v) is 14.0. The molecule has 3 aromatic rings. The largest absolute Gasteiger partial charge is 0.436 e. The summed E-state index contributed by atoms with van der Waals surface area (Å²) in [4.78, 5) is 2.16. The fraction of sp³-hybridized carbons (Fsp3) is 0.267. The molecule has 3 aromatic heterocycles. The molecule has 6 nitrogen and oxygen atoms in total. The summed E-state index contributed by atoms with van der Waals surface area (Å²) in [6, 6.07) is 7.57. The van der Waals surface area contributed by atoms with Gasteiger partial charge in [-0.3, -0.25) is 0 Å². The molecular weight excluding hydrogens is 346 g/mol. The summed E-state index contributed by atoms with van der Waals surface area (Å²) < 4.78 is 8.41. The number of hydrogen-bond acceptors (Lipinski definition) is 5. The normalized spacial score (nSPS) is 11.3. The van der Waals surface area contributed by atoms with Crippen molar-refractivity contribution in [3.8, 4) is 11.6 Å². The molecule has 0 fully saturated rings. The van der Waals surface area contributed by atoms with Gasteiger partial charge in [-0.05, 0) is 47.7 Å². The Kier molecular flexibility index (Phi) is 4.35. The van der Waals surface area contributed by atoms with Crippen molar-refractivity contribution in [2.75, 3.05) is 13.6 Å². The van der Waals surface area contributed by atoms with Crippen LogP contribution in [0.5, 0.6) is 11.6 Å². The second-order valence-corrected chi connectivity index (χ2v) is 5.84. The summed E-state index contributed by atoms with van der Waals surface area (Å²) in [7, 11) is 2.05. The third-order valence-electron chi connectivity index (χ3n) is 3.33. The number of nitrogens with zero attached hydrogens (tertiary/aromatic N) is 5. The third kappa shape index (κ3) is 3.26. The number of ether oxygens (including phenoxy) is 1. The fourth-order valence-corrected chi connectivity index (χ4v) is 2.40. The molecular formula is C15H16BrN5O. The minimum absolute atomic E-state index is 0.466. The number of halogens is 1. The minimum Gasteiger partial charge on any atom is -0.436 e. The van der Waals surface area contributed by atoms with Gasteiger partial charge in [0.15, 0.2) is 0 Å². The van der Waals surface area contributed by atoms with Gasteiger partial charge < -0.3 is 9.64 Å². The highest BCUT2D eigenvalue weighted by Gasteiger charge is 2.05. The molecule has 7 heteroatoms. The van der Waals surface area contributed by atoms with Gasteiger partial charge in [-0.15, -0.1) is 5.10 Å². The topological polar surface area (TPSA) is 55.5 Å². The van der Waals surface area contributed by atoms with Gasteiger partial charge >= 0.3 is 0 Å². The highest BCUT2D eigenvalue weighted by Crippen LogP contribution is 2.23. The zero-order valence-electron chi connectivity index (χ0n) is 12.4. The van der Waals surface area contributed by atoms with Crippen LogP contribution in [0.4, 0.5) is 0 Å². The van der Waals surface area contributed by atoms with Gasteiger partial charge in [-0.1, -0.05) is 6.92 Å². The second kappa shape index (κ2) is 6.41. The van der Waals surface area contributed by atoms with Crippen LogP contribution >= 0.6 is 15.9 Å². The van der Waals surface area contributed by atoms with Crippen LogP contribution in [0.25, 0.3) is 5.52 Å². The first-order chi connectivity index (χ1) is 10.7. The van der Waals surface area contributed by atoms with Crippen molar-refractivity contribution in [2.45, 2.75) is 13.5 Å². The van der Waals surface area contributed by atoms with E-state index >= 15 is 0 Å². The predicted octanol–water partition coefficient (Wildman–Crippen LogP) is 3.13. The van der Waals surface area contributed by atoms with Gasteiger partial charge in [0.2, 0.25) is 5.88 Å². The van der Waals surface area contributed by atoms with E-state index in [2.05, 4.69) is 43.0 Å². The first-order valence-corrected chi connectivity index (χ1v) is 7.77. The predicted molar refractivity (Wildman–Crippen MR) is 87.0 cm³/mol. The summed E-state index contributed by atoms with van der Waals surface area (Å²) in [5, 5.41) is 12.5. The van der Waals surface area contributed by atoms with Gasteiger partial charge in [0, 0.05) is 12.6 Å². The molecule has 22 heavy (non-hydrogen) atoms. The van der Waals surface area contributed by atoms with Crippen molar-refractivity contribution >= 4 is 21.4 Å². The van der Waals surface area contributed by atoms with Crippen LogP contribution in [-0.2, 0) is 6.54 Å². The molecule has 0 spiro atoms. The Labute approximate surface area is 136 Å². The number of aromatic nitrogens is 4. The summed E-state index contributed by atoms with van der Waals surface area (Å²) >= 11 is 3.44. The lowest BCUT2D eigenvalue weighted by Gasteiger charge is -2.12. The van der Waals surface area contributed by atoms with Crippen LogP contribution in [-0.4, -0.2) is 38.3 Å². The average Bonchev–Trinajstić information content (AvgIpc) is 2.90. The summed E-state index contributed by atoms with van der Waals surface area (Å²) in [5.41, 5.74) is 1.90. The van der Waals surface area contributed by atoms with E-state index in [1.807, 2.05) is 31.3 Å². The SMILES string of the molecule is CCN(C)Cc1ccc(Oc2ccc3c(Br)cnn3c2)nn1. The van der Waals surface area contributed by atoms with E-state index in [4.69, 9.17) is 4.74 Å². The van der Waals surface area contributed by atoms with Crippen molar-refractivity contribution in [1.29, 1.82) is 0 Å². The lowest BCUT2D eigenvalue weighted by Crippen LogP contribution is -2.17. The van der Waals surface area contributed by atoms with Gasteiger partial charge in [0.1, 0.15) is 5.75 Å². The first-order valence-electron chi connectivity index (χ1n) is 6.97. The van der Waals surface area contributed by atoms with E-state index in [9.17, 15) is 0 Å². The molecule has 0 N–H and O–H groups in total. The van der Waals surface area contributed by atoms with E-state index in [0.717, 1.165) is 28.8 Å². The lowest BCUT2D eigenvalue weighted by atomic mass is 10.3. The van der Waals surface area contributed by atoms with Crippen LogP contribution in [0.15, 0.2) is 41.1 Å². The van der Waals surface area contributed by atoms with E-state index < -0.39 is 0 Å². The molecule has 3 rings (SSSR count). The van der Waals surface area contributed by atoms with Crippen molar-refractivity contribution in [2.24, 2.45) is 0 Å². The first kappa shape index (κ1) is 14.9. The summed E-state index contributed by atoms with van der Waals surface area (Å²) in [5.74, 6) is 1.13. The summed E-state index contributed by atoms with van der Waals surface area (Å²) in [6.45, 7) is 3.85. The average molecular weight is 362 g/mol. The van der Waals surface area contributed by atoms with Crippen molar-refractivity contribution in [3.63, 3.8) is 0 Å². The maximum atomic E-state index is 5.72. The number of hydrogen-bond donors (Lipinski definition) is 0. The molecule has 0 bridgehead atoms. The van der Waals surface area contributed by atoms with E-state index in [1.54, 1.807) is 16.9 Å². The second-order valence-electron chi connectivity index (χ2n) is 4.98. The molecule has 0 radical (unpaired) electrons. The number of rotatable bonds is 5. The van der Waals surface area contributed by atoms with Crippen molar-refractivity contribution in [1.82, 2.24) is 24.7 Å². The van der Waals surface area contributed by atoms with E-state index in [-0.39, 0.29) is 0 Å². The Bertz CT molecular complexity index is 771. The Morgan fingerprint density at radius 2 is 2.09 bits per heavy atom. The Balaban J connectivity index is 1.74. The van der Waals surface area contributed by atoms with Crippen LogP contribution in [0.2, 0.25) is 0 Å². The Morgan fingerprint density at radius 3 is 2.82 bits per heavy atom. The molecule has 0 aliphatic rings. The maximum absolute atomic E-state index is 5.72. The molecule has 0 atom stereocenters. The molecule has 0 aliphatic heterocycles. The van der Waals surface area contributed by atoms with Gasteiger partial charge in [0.05, 0.1) is 28.1 Å². The van der Waals surface area contributed by atoms with Crippen molar-refractivity contribution in [3.05, 3.63) is 46.8 Å². The fourth-order valence-electron chi connectivity index (χ4n) is 1.99. The lowest BCUT2D eigenvalue weighted by molar-refractivity contribution is 0.338. The Hall–Kier alpha value is -1.99. The Morgan fingerprint density at radius 1 is 1.23 bits per heavy atom. The van der Waals surface area contributed by atoms with Crippen LogP contribution < -0.4 is 4.74 Å². The molecule has 3 heterocycles. The van der Waals surface area contributed by atoms with Gasteiger partial charge in [-0.25, -0.2) is 4.52 Å². The number of fused-ring (bicyclic) bond motifs is 1. The standard InChI is InChI=1S/C15H16BrN5O/c1-3-20(2)9-11-4-7-15(19-18-11)22-12-5-6-14-13(16)8-17-21(14)10-12/h4-8,10H,3,9H2,1-2H3. The molecule has 0 saturated carbocycles. The molecule has 0 aromatic carbocycles. The molecule has 0 aliphatic carbocycles. The molecule has 0 saturated heterocycles. The zero-order chi connectivity index (χ0) is 15.5. The quantitative estimate of drug-likeness (QED) is 0.698. The van der Waals surface area contributed by atoms with E-state index in [0.29, 0.717) is 11.6 Å². The highest BCUT2D eigenvalue weighted by atomic mass is 79.9. The van der Waals surface area contributed by atoms with Crippen LogP contribution in [0.1, 0.15) is 12.6 Å². The summed E-state index contributed by atoms with van der Waals surface area (Å²) in [6.07, 6.45) is 3.55. The maximum Gasteiger partial charge on any atom is 0.238 e. The number of pyridine rings is 1. The highest BCUT2D eigenvalue weighted by molar-refractivity contribution is 9.10. The van der Waals surface area contributed by atoms with Crippen LogP contribution in [0.3, 0.4) is 0 Å². The molecule has 114 valence electrons. The smallest absolute Gasteiger partial charge is 0.238 e. The van der Waals surface area contributed by atoms with Gasteiger partial charge in [0.25, 0.3) is 0 Å².